The van der Waals surface area contributed by atoms with Crippen molar-refractivity contribution in [2.24, 2.45) is 5.10 Å². The smallest absolute Gasteiger partial charge is 0.271 e. The van der Waals surface area contributed by atoms with E-state index in [1.54, 1.807) is 12.1 Å². The first-order valence-corrected chi connectivity index (χ1v) is 9.90. The minimum atomic E-state index is -3.62. The maximum atomic E-state index is 12.7. The van der Waals surface area contributed by atoms with Gasteiger partial charge in [0.25, 0.3) is 5.91 Å². The molecule has 0 saturated carbocycles. The molecule has 1 amide bonds. The van der Waals surface area contributed by atoms with Gasteiger partial charge in [-0.05, 0) is 38.0 Å². The van der Waals surface area contributed by atoms with Crippen LogP contribution in [0.2, 0.25) is 0 Å². The third-order valence-electron chi connectivity index (χ3n) is 3.94. The predicted molar refractivity (Wildman–Crippen MR) is 96.1 cm³/mol. The van der Waals surface area contributed by atoms with Crippen molar-refractivity contribution in [2.75, 3.05) is 26.3 Å². The molecule has 1 saturated heterocycles. The maximum absolute atomic E-state index is 12.7. The fraction of sp³-hybridized carbons (Fsp3) is 0.529. The largest absolute Gasteiger partial charge is 0.379 e. The Kier molecular flexibility index (Phi) is 7.10. The SMILES string of the molecule is CCCC/C(C)=N\NC(=O)c1cccc(S(=O)(=O)N2CCOCC2)c1. The molecule has 1 N–H and O–H groups in total. The van der Waals surface area contributed by atoms with Crippen LogP contribution in [-0.2, 0) is 14.8 Å². The second-order valence-corrected chi connectivity index (χ2v) is 7.87. The first kappa shape index (κ1) is 19.6. The average molecular weight is 367 g/mol. The van der Waals surface area contributed by atoms with Gasteiger partial charge in [0.1, 0.15) is 0 Å². The highest BCUT2D eigenvalue weighted by Crippen LogP contribution is 2.18. The normalized spacial score (nSPS) is 16.6. The maximum Gasteiger partial charge on any atom is 0.271 e. The van der Waals surface area contributed by atoms with E-state index in [1.165, 1.54) is 16.4 Å². The molecule has 0 bridgehead atoms. The van der Waals surface area contributed by atoms with Crippen LogP contribution in [0.5, 0.6) is 0 Å². The fourth-order valence-electron chi connectivity index (χ4n) is 2.43. The zero-order chi connectivity index (χ0) is 18.3. The van der Waals surface area contributed by atoms with Gasteiger partial charge >= 0.3 is 0 Å². The number of carbonyl (C=O) groups excluding carboxylic acids is 1. The Bertz CT molecular complexity index is 725. The van der Waals surface area contributed by atoms with E-state index in [4.69, 9.17) is 4.74 Å². The number of hydrogen-bond donors (Lipinski definition) is 1. The summed E-state index contributed by atoms with van der Waals surface area (Å²) < 4.78 is 31.9. The van der Waals surface area contributed by atoms with Crippen molar-refractivity contribution in [3.8, 4) is 0 Å². The van der Waals surface area contributed by atoms with E-state index in [2.05, 4.69) is 17.5 Å². The quantitative estimate of drug-likeness (QED) is 0.590. The molecule has 0 unspecified atom stereocenters. The molecule has 1 aliphatic heterocycles. The molecule has 1 heterocycles. The minimum Gasteiger partial charge on any atom is -0.379 e. The second-order valence-electron chi connectivity index (χ2n) is 5.94. The predicted octanol–water partition coefficient (Wildman–Crippen LogP) is 2.00. The lowest BCUT2D eigenvalue weighted by molar-refractivity contribution is 0.0730. The lowest BCUT2D eigenvalue weighted by atomic mass is 10.2. The van der Waals surface area contributed by atoms with Crippen molar-refractivity contribution >= 4 is 21.6 Å². The van der Waals surface area contributed by atoms with Crippen molar-refractivity contribution in [2.45, 2.75) is 38.0 Å². The molecule has 2 rings (SSSR count). The zero-order valence-corrected chi connectivity index (χ0v) is 15.5. The Labute approximate surface area is 149 Å². The number of unbranched alkanes of at least 4 members (excludes halogenated alkanes) is 1. The van der Waals surface area contributed by atoms with Crippen LogP contribution in [-0.4, -0.2) is 50.6 Å². The summed E-state index contributed by atoms with van der Waals surface area (Å²) in [4.78, 5) is 12.3. The highest BCUT2D eigenvalue weighted by Gasteiger charge is 2.26. The Morgan fingerprint density at radius 2 is 2.04 bits per heavy atom. The van der Waals surface area contributed by atoms with E-state index in [0.717, 1.165) is 25.0 Å². The van der Waals surface area contributed by atoms with Gasteiger partial charge in [0.2, 0.25) is 10.0 Å². The number of rotatable bonds is 7. The molecule has 0 aromatic heterocycles. The van der Waals surface area contributed by atoms with Gasteiger partial charge in [-0.25, -0.2) is 13.8 Å². The number of nitrogens with zero attached hydrogens (tertiary/aromatic N) is 2. The third kappa shape index (κ3) is 5.35. The van der Waals surface area contributed by atoms with Crippen LogP contribution in [0.1, 0.15) is 43.5 Å². The highest BCUT2D eigenvalue weighted by atomic mass is 32.2. The number of morpholine rings is 1. The summed E-state index contributed by atoms with van der Waals surface area (Å²) in [5.41, 5.74) is 3.59. The van der Waals surface area contributed by atoms with Crippen LogP contribution in [0.25, 0.3) is 0 Å². The molecule has 1 fully saturated rings. The van der Waals surface area contributed by atoms with E-state index in [-0.39, 0.29) is 10.5 Å². The summed E-state index contributed by atoms with van der Waals surface area (Å²) in [5.74, 6) is -0.421. The molecular formula is C17H25N3O4S. The first-order valence-electron chi connectivity index (χ1n) is 8.46. The van der Waals surface area contributed by atoms with E-state index in [1.807, 2.05) is 6.92 Å². The number of ether oxygens (including phenoxy) is 1. The van der Waals surface area contributed by atoms with Crippen molar-refractivity contribution in [3.63, 3.8) is 0 Å². The van der Waals surface area contributed by atoms with Gasteiger partial charge in [0, 0.05) is 24.4 Å². The van der Waals surface area contributed by atoms with E-state index in [0.29, 0.717) is 26.3 Å². The number of hydrogen-bond acceptors (Lipinski definition) is 5. The Morgan fingerprint density at radius 1 is 1.32 bits per heavy atom. The fourth-order valence-corrected chi connectivity index (χ4v) is 3.89. The van der Waals surface area contributed by atoms with Gasteiger partial charge in [-0.15, -0.1) is 0 Å². The summed E-state index contributed by atoms with van der Waals surface area (Å²) in [6.45, 7) is 5.34. The molecule has 1 aromatic rings. The van der Waals surface area contributed by atoms with Gasteiger partial charge in [0.15, 0.2) is 0 Å². The number of hydrazone groups is 1. The first-order chi connectivity index (χ1) is 11.9. The van der Waals surface area contributed by atoms with Crippen molar-refractivity contribution < 1.29 is 17.9 Å². The van der Waals surface area contributed by atoms with Gasteiger partial charge < -0.3 is 4.74 Å². The van der Waals surface area contributed by atoms with E-state index < -0.39 is 15.9 Å². The summed E-state index contributed by atoms with van der Waals surface area (Å²) in [6, 6.07) is 6.02. The molecule has 0 radical (unpaired) electrons. The van der Waals surface area contributed by atoms with Crippen LogP contribution < -0.4 is 5.43 Å². The Morgan fingerprint density at radius 3 is 2.72 bits per heavy atom. The lowest BCUT2D eigenvalue weighted by Crippen LogP contribution is -2.40. The van der Waals surface area contributed by atoms with Gasteiger partial charge in [-0.3, -0.25) is 4.79 Å². The van der Waals surface area contributed by atoms with E-state index >= 15 is 0 Å². The molecule has 25 heavy (non-hydrogen) atoms. The van der Waals surface area contributed by atoms with Crippen molar-refractivity contribution in [3.05, 3.63) is 29.8 Å². The Hall–Kier alpha value is -1.77. The molecule has 0 aliphatic carbocycles. The lowest BCUT2D eigenvalue weighted by Gasteiger charge is -2.26. The number of benzene rings is 1. The van der Waals surface area contributed by atoms with E-state index in [9.17, 15) is 13.2 Å². The molecule has 138 valence electrons. The van der Waals surface area contributed by atoms with Crippen molar-refractivity contribution in [1.29, 1.82) is 0 Å². The molecule has 0 atom stereocenters. The second kappa shape index (κ2) is 9.07. The third-order valence-corrected chi connectivity index (χ3v) is 5.84. The van der Waals surface area contributed by atoms with Gasteiger partial charge in [-0.1, -0.05) is 19.4 Å². The average Bonchev–Trinajstić information content (AvgIpc) is 2.65. The van der Waals surface area contributed by atoms with Crippen LogP contribution in [0, 0.1) is 0 Å². The number of nitrogens with one attached hydrogen (secondary N) is 1. The van der Waals surface area contributed by atoms with Gasteiger partial charge in [-0.2, -0.15) is 9.41 Å². The van der Waals surface area contributed by atoms with Crippen molar-refractivity contribution in [1.82, 2.24) is 9.73 Å². The molecule has 0 spiro atoms. The molecule has 1 aromatic carbocycles. The minimum absolute atomic E-state index is 0.105. The molecule has 8 heteroatoms. The Balaban J connectivity index is 2.11. The molecule has 1 aliphatic rings. The van der Waals surface area contributed by atoms with Crippen LogP contribution in [0.3, 0.4) is 0 Å². The monoisotopic (exact) mass is 367 g/mol. The molecule has 7 nitrogen and oxygen atoms in total. The van der Waals surface area contributed by atoms with Crippen LogP contribution in [0.4, 0.5) is 0 Å². The number of sulfonamides is 1. The summed E-state index contributed by atoms with van der Waals surface area (Å²) in [7, 11) is -3.62. The number of carbonyl (C=O) groups is 1. The topological polar surface area (TPSA) is 88.1 Å². The summed E-state index contributed by atoms with van der Waals surface area (Å²) in [6.07, 6.45) is 2.89. The van der Waals surface area contributed by atoms with Crippen LogP contribution >= 0.6 is 0 Å². The standard InChI is InChI=1S/C17H25N3O4S/c1-3-4-6-14(2)18-19-17(21)15-7-5-8-16(13-15)25(22,23)20-9-11-24-12-10-20/h5,7-8,13H,3-4,6,9-12H2,1-2H3,(H,19,21)/b18-14-. The highest BCUT2D eigenvalue weighted by molar-refractivity contribution is 7.89. The zero-order valence-electron chi connectivity index (χ0n) is 14.7. The van der Waals surface area contributed by atoms with Gasteiger partial charge in [0.05, 0.1) is 18.1 Å². The summed E-state index contributed by atoms with van der Waals surface area (Å²) >= 11 is 0. The number of amides is 1. The summed E-state index contributed by atoms with van der Waals surface area (Å²) in [5, 5.41) is 4.06. The van der Waals surface area contributed by atoms with Crippen LogP contribution in [0.15, 0.2) is 34.3 Å². The molecular weight excluding hydrogens is 342 g/mol.